The monoisotopic (exact) mass is 600 g/mol. The number of carbonyl (C=O) groups excluding carboxylic acids is 1. The summed E-state index contributed by atoms with van der Waals surface area (Å²) in [6.45, 7) is 8.22. The maximum Gasteiger partial charge on any atom is 0.379 e. The van der Waals surface area contributed by atoms with Crippen LogP contribution in [0.1, 0.15) is 55.4 Å². The summed E-state index contributed by atoms with van der Waals surface area (Å²) < 4.78 is 29.2. The number of esters is 1. The van der Waals surface area contributed by atoms with Crippen LogP contribution in [0.2, 0.25) is 0 Å². The van der Waals surface area contributed by atoms with Gasteiger partial charge in [-0.25, -0.2) is 4.79 Å². The summed E-state index contributed by atoms with van der Waals surface area (Å²) in [5, 5.41) is 10.9. The van der Waals surface area contributed by atoms with Crippen molar-refractivity contribution in [1.29, 1.82) is 5.26 Å². The van der Waals surface area contributed by atoms with Gasteiger partial charge in [0.05, 0.1) is 13.0 Å². The molecule has 1 aliphatic rings. The van der Waals surface area contributed by atoms with Crippen LogP contribution in [0.4, 0.5) is 0 Å². The summed E-state index contributed by atoms with van der Waals surface area (Å²) in [6, 6.07) is 24.8. The topological polar surface area (TPSA) is 117 Å². The average molecular weight is 601 g/mol. The molecule has 0 amide bonds. The van der Waals surface area contributed by atoms with Crippen LogP contribution in [-0.4, -0.2) is 13.1 Å². The third-order valence-corrected chi connectivity index (χ3v) is 7.99. The van der Waals surface area contributed by atoms with Crippen molar-refractivity contribution in [3.63, 3.8) is 0 Å². The maximum atomic E-state index is 13.2. The second-order valence-corrected chi connectivity index (χ2v) is 11.2. The van der Waals surface area contributed by atoms with Gasteiger partial charge in [0.1, 0.15) is 35.3 Å². The molecular weight excluding hydrogens is 568 g/mol. The lowest BCUT2D eigenvalue weighted by Crippen LogP contribution is -2.21. The Kier molecular flexibility index (Phi) is 7.69. The molecule has 0 saturated heterocycles. The van der Waals surface area contributed by atoms with Gasteiger partial charge < -0.3 is 29.1 Å². The normalized spacial score (nSPS) is 14.0. The van der Waals surface area contributed by atoms with Crippen molar-refractivity contribution in [2.75, 3.05) is 7.11 Å². The molecule has 1 atom stereocenters. The minimum absolute atomic E-state index is 0.0314. The Bertz CT molecular complexity index is 2030. The van der Waals surface area contributed by atoms with Gasteiger partial charge in [-0.15, -0.1) is 0 Å². The van der Waals surface area contributed by atoms with Crippen LogP contribution < -0.4 is 24.7 Å². The number of ether oxygens (including phenoxy) is 4. The zero-order valence-corrected chi connectivity index (χ0v) is 25.7. The molecule has 0 aliphatic carbocycles. The maximum absolute atomic E-state index is 13.2. The second kappa shape index (κ2) is 11.8. The van der Waals surface area contributed by atoms with Crippen LogP contribution in [0.3, 0.4) is 0 Å². The summed E-state index contributed by atoms with van der Waals surface area (Å²) in [4.78, 5) is 13.2. The van der Waals surface area contributed by atoms with E-state index in [-0.39, 0.29) is 23.0 Å². The minimum Gasteiger partial charge on any atom is -0.493 e. The van der Waals surface area contributed by atoms with Crippen LogP contribution in [0.5, 0.6) is 23.0 Å². The fourth-order valence-electron chi connectivity index (χ4n) is 5.81. The van der Waals surface area contributed by atoms with E-state index in [4.69, 9.17) is 29.1 Å². The van der Waals surface area contributed by atoms with E-state index in [1.807, 2.05) is 82.3 Å². The van der Waals surface area contributed by atoms with Crippen LogP contribution in [0.15, 0.2) is 88.7 Å². The third kappa shape index (κ3) is 5.56. The summed E-state index contributed by atoms with van der Waals surface area (Å²) in [5.74, 6) is 0.629. The van der Waals surface area contributed by atoms with Crippen LogP contribution in [0.25, 0.3) is 11.0 Å². The molecule has 8 nitrogen and oxygen atoms in total. The van der Waals surface area contributed by atoms with Gasteiger partial charge in [0.15, 0.2) is 11.5 Å². The number of benzene rings is 4. The molecule has 226 valence electrons. The lowest BCUT2D eigenvalue weighted by atomic mass is 9.83. The molecule has 2 heterocycles. The molecule has 0 saturated carbocycles. The molecular formula is C37H32N2O6. The van der Waals surface area contributed by atoms with Crippen molar-refractivity contribution in [3.05, 3.63) is 129 Å². The molecule has 1 aromatic heterocycles. The highest BCUT2D eigenvalue weighted by atomic mass is 16.5. The summed E-state index contributed by atoms with van der Waals surface area (Å²) in [7, 11) is 1.57. The van der Waals surface area contributed by atoms with Gasteiger partial charge in [0, 0.05) is 22.6 Å². The number of aryl methyl sites for hydroxylation is 4. The number of furan rings is 1. The number of methoxy groups -OCH3 is 1. The van der Waals surface area contributed by atoms with Gasteiger partial charge in [-0.3, -0.25) is 0 Å². The lowest BCUT2D eigenvalue weighted by molar-refractivity contribution is 0.0702. The zero-order chi connectivity index (χ0) is 31.8. The number of hydrogen-bond acceptors (Lipinski definition) is 8. The van der Waals surface area contributed by atoms with Crippen molar-refractivity contribution >= 4 is 16.9 Å². The van der Waals surface area contributed by atoms with Gasteiger partial charge in [-0.2, -0.15) is 5.26 Å². The first-order valence-corrected chi connectivity index (χ1v) is 14.5. The Morgan fingerprint density at radius 3 is 2.44 bits per heavy atom. The van der Waals surface area contributed by atoms with E-state index < -0.39 is 11.9 Å². The highest BCUT2D eigenvalue weighted by Gasteiger charge is 2.32. The summed E-state index contributed by atoms with van der Waals surface area (Å²) in [5.41, 5.74) is 13.6. The SMILES string of the molecule is COc1cc(C2C(C#N)=C(N)Oc3cc(OC(=O)c4oc5cc(C)cc(C)c5c4C)ccc32)ccc1OCc1ccc(C)cc1. The molecule has 0 radical (unpaired) electrons. The van der Waals surface area contributed by atoms with E-state index in [1.54, 1.807) is 25.3 Å². The van der Waals surface area contributed by atoms with E-state index in [2.05, 4.69) is 6.07 Å². The Morgan fingerprint density at radius 2 is 1.71 bits per heavy atom. The second-order valence-electron chi connectivity index (χ2n) is 11.2. The van der Waals surface area contributed by atoms with Crippen LogP contribution in [-0.2, 0) is 6.61 Å². The first kappa shape index (κ1) is 29.4. The number of fused-ring (bicyclic) bond motifs is 2. The van der Waals surface area contributed by atoms with Gasteiger partial charge in [0.2, 0.25) is 11.6 Å². The minimum atomic E-state index is -0.625. The molecule has 1 unspecified atom stereocenters. The first-order chi connectivity index (χ1) is 21.7. The number of nitriles is 1. The Hall–Kier alpha value is -5.68. The average Bonchev–Trinajstić information content (AvgIpc) is 3.36. The molecule has 2 N–H and O–H groups in total. The molecule has 6 rings (SSSR count). The van der Waals surface area contributed by atoms with Crippen molar-refractivity contribution in [3.8, 4) is 29.1 Å². The number of carbonyl (C=O) groups is 1. The molecule has 0 spiro atoms. The summed E-state index contributed by atoms with van der Waals surface area (Å²) >= 11 is 0. The molecule has 4 aromatic carbocycles. The smallest absolute Gasteiger partial charge is 0.379 e. The van der Waals surface area contributed by atoms with Crippen LogP contribution >= 0.6 is 0 Å². The number of nitrogens with two attached hydrogens (primary N) is 1. The van der Waals surface area contributed by atoms with E-state index >= 15 is 0 Å². The summed E-state index contributed by atoms with van der Waals surface area (Å²) in [6.07, 6.45) is 0. The molecule has 45 heavy (non-hydrogen) atoms. The Labute approximate surface area is 261 Å². The van der Waals surface area contributed by atoms with Gasteiger partial charge in [0.25, 0.3) is 0 Å². The number of hydrogen-bond donors (Lipinski definition) is 1. The van der Waals surface area contributed by atoms with E-state index in [0.717, 1.165) is 27.6 Å². The van der Waals surface area contributed by atoms with Crippen molar-refractivity contribution in [2.45, 2.75) is 40.2 Å². The Morgan fingerprint density at radius 1 is 0.933 bits per heavy atom. The van der Waals surface area contributed by atoms with Crippen molar-refractivity contribution in [1.82, 2.24) is 0 Å². The van der Waals surface area contributed by atoms with Crippen molar-refractivity contribution < 1.29 is 28.2 Å². The first-order valence-electron chi connectivity index (χ1n) is 14.5. The van der Waals surface area contributed by atoms with Gasteiger partial charge >= 0.3 is 5.97 Å². The highest BCUT2D eigenvalue weighted by Crippen LogP contribution is 2.45. The molecule has 0 fully saturated rings. The highest BCUT2D eigenvalue weighted by molar-refractivity contribution is 5.98. The molecule has 8 heteroatoms. The lowest BCUT2D eigenvalue weighted by Gasteiger charge is -2.27. The van der Waals surface area contributed by atoms with Gasteiger partial charge in [-0.05, 0) is 74.2 Å². The standard InChI is InChI=1S/C37H32N2O6/c1-20-6-8-24(9-7-20)19-42-29-13-10-25(16-31(29)41-5)34-27-12-11-26(17-30(27)45-36(39)28(34)18-38)43-37(40)35-23(4)33-22(3)14-21(2)15-32(33)44-35/h6-17,34H,19,39H2,1-5H3. The van der Waals surface area contributed by atoms with Crippen LogP contribution in [0, 0.1) is 39.0 Å². The fraction of sp³-hybridized carbons (Fsp3) is 0.189. The predicted molar refractivity (Wildman–Crippen MR) is 170 cm³/mol. The van der Waals surface area contributed by atoms with Gasteiger partial charge in [-0.1, -0.05) is 48.0 Å². The van der Waals surface area contributed by atoms with Crippen molar-refractivity contribution in [2.24, 2.45) is 5.73 Å². The molecule has 5 aromatic rings. The predicted octanol–water partition coefficient (Wildman–Crippen LogP) is 7.69. The quantitative estimate of drug-likeness (QED) is 0.149. The molecule has 1 aliphatic heterocycles. The van der Waals surface area contributed by atoms with E-state index in [0.29, 0.717) is 40.6 Å². The number of rotatable bonds is 7. The largest absolute Gasteiger partial charge is 0.493 e. The zero-order valence-electron chi connectivity index (χ0n) is 25.7. The third-order valence-electron chi connectivity index (χ3n) is 7.99. The number of nitrogens with zero attached hydrogens (tertiary/aromatic N) is 1. The Balaban J connectivity index is 1.28. The van der Waals surface area contributed by atoms with E-state index in [1.165, 1.54) is 5.56 Å². The number of allylic oxidation sites excluding steroid dienone is 1. The van der Waals surface area contributed by atoms with E-state index in [9.17, 15) is 10.1 Å². The fourth-order valence-corrected chi connectivity index (χ4v) is 5.81. The molecule has 0 bridgehead atoms.